The molecular formula is C13H11N3O2. The fraction of sp³-hybridized carbons (Fsp3) is 0.154. The van der Waals surface area contributed by atoms with Crippen molar-refractivity contribution in [3.05, 3.63) is 36.1 Å². The van der Waals surface area contributed by atoms with Gasteiger partial charge in [0.1, 0.15) is 11.2 Å². The highest BCUT2D eigenvalue weighted by Crippen LogP contribution is 2.26. The average Bonchev–Trinajstić information content (AvgIpc) is 2.89. The number of fused-ring (bicyclic) bond motifs is 1. The van der Waals surface area contributed by atoms with E-state index in [4.69, 9.17) is 4.42 Å². The molecule has 0 aliphatic rings. The molecule has 0 radical (unpaired) electrons. The van der Waals surface area contributed by atoms with Gasteiger partial charge in [-0.2, -0.15) is 0 Å². The summed E-state index contributed by atoms with van der Waals surface area (Å²) in [5.41, 5.74) is 3.61. The summed E-state index contributed by atoms with van der Waals surface area (Å²) >= 11 is 0. The molecule has 3 aromatic rings. The van der Waals surface area contributed by atoms with E-state index in [1.807, 2.05) is 29.8 Å². The number of rotatable bonds is 2. The van der Waals surface area contributed by atoms with Crippen molar-refractivity contribution in [3.8, 4) is 11.3 Å². The molecule has 0 amide bonds. The quantitative estimate of drug-likeness (QED) is 0.646. The topological polar surface area (TPSA) is 60.9 Å². The van der Waals surface area contributed by atoms with Gasteiger partial charge in [0.25, 0.3) is 0 Å². The zero-order valence-electron chi connectivity index (χ0n) is 10.0. The molecule has 1 aromatic carbocycles. The Morgan fingerprint density at radius 3 is 3.00 bits per heavy atom. The molecule has 0 N–H and O–H groups in total. The number of imidazole rings is 1. The minimum atomic E-state index is 0.424. The monoisotopic (exact) mass is 241 g/mol. The zero-order valence-corrected chi connectivity index (χ0v) is 10.0. The summed E-state index contributed by atoms with van der Waals surface area (Å²) in [6.45, 7) is 1.81. The third kappa shape index (κ3) is 1.52. The lowest BCUT2D eigenvalue weighted by Gasteiger charge is -2.02. The molecule has 0 aliphatic carbocycles. The van der Waals surface area contributed by atoms with Crippen LogP contribution in [0.5, 0.6) is 0 Å². The number of nitrogens with zero attached hydrogens (tertiary/aromatic N) is 3. The first-order valence-electron chi connectivity index (χ1n) is 5.53. The number of hydrogen-bond acceptors (Lipinski definition) is 4. The van der Waals surface area contributed by atoms with Gasteiger partial charge < -0.3 is 8.98 Å². The summed E-state index contributed by atoms with van der Waals surface area (Å²) < 4.78 is 7.30. The van der Waals surface area contributed by atoms with E-state index in [0.717, 1.165) is 23.1 Å². The van der Waals surface area contributed by atoms with Crippen molar-refractivity contribution >= 4 is 17.4 Å². The van der Waals surface area contributed by atoms with E-state index in [-0.39, 0.29) is 0 Å². The number of oxazole rings is 1. The van der Waals surface area contributed by atoms with Crippen molar-refractivity contribution in [2.45, 2.75) is 6.92 Å². The average molecular weight is 241 g/mol. The van der Waals surface area contributed by atoms with Crippen LogP contribution in [-0.4, -0.2) is 20.8 Å². The molecule has 0 unspecified atom stereocenters. The molecule has 5 nitrogen and oxygen atoms in total. The summed E-state index contributed by atoms with van der Waals surface area (Å²) in [5.74, 6) is 0.628. The van der Waals surface area contributed by atoms with Crippen LogP contribution in [0.25, 0.3) is 22.4 Å². The maximum Gasteiger partial charge on any atom is 0.192 e. The number of carbonyl (C=O) groups is 1. The zero-order chi connectivity index (χ0) is 12.7. The van der Waals surface area contributed by atoms with Crippen LogP contribution in [-0.2, 0) is 7.05 Å². The third-order valence-electron chi connectivity index (χ3n) is 2.85. The summed E-state index contributed by atoms with van der Waals surface area (Å²) in [6.07, 6.45) is 2.38. The number of aldehydes is 1. The van der Waals surface area contributed by atoms with Gasteiger partial charge in [-0.15, -0.1) is 0 Å². The van der Waals surface area contributed by atoms with Gasteiger partial charge in [0, 0.05) is 19.5 Å². The summed E-state index contributed by atoms with van der Waals surface area (Å²) in [4.78, 5) is 19.3. The van der Waals surface area contributed by atoms with Crippen LogP contribution in [0.3, 0.4) is 0 Å². The second kappa shape index (κ2) is 3.80. The molecule has 0 atom stereocenters. The first-order valence-corrected chi connectivity index (χ1v) is 5.53. The summed E-state index contributed by atoms with van der Waals surface area (Å²) in [6, 6.07) is 5.66. The molecule has 18 heavy (non-hydrogen) atoms. The van der Waals surface area contributed by atoms with E-state index in [0.29, 0.717) is 17.2 Å². The minimum Gasteiger partial charge on any atom is -0.441 e. The predicted molar refractivity (Wildman–Crippen MR) is 66.3 cm³/mol. The lowest BCUT2D eigenvalue weighted by atomic mass is 10.1. The molecule has 0 aliphatic heterocycles. The second-order valence-electron chi connectivity index (χ2n) is 4.12. The van der Waals surface area contributed by atoms with Crippen LogP contribution < -0.4 is 0 Å². The van der Waals surface area contributed by atoms with Crippen LogP contribution >= 0.6 is 0 Å². The van der Waals surface area contributed by atoms with Crippen molar-refractivity contribution in [2.24, 2.45) is 7.05 Å². The van der Waals surface area contributed by atoms with Gasteiger partial charge in [-0.3, -0.25) is 4.79 Å². The second-order valence-corrected chi connectivity index (χ2v) is 4.12. The number of aryl methyl sites for hydroxylation is 2. The first-order chi connectivity index (χ1) is 8.69. The number of aromatic nitrogens is 3. The molecule has 3 rings (SSSR count). The molecule has 2 aromatic heterocycles. The van der Waals surface area contributed by atoms with Crippen molar-refractivity contribution in [1.82, 2.24) is 14.5 Å². The Hall–Kier alpha value is -2.43. The summed E-state index contributed by atoms with van der Waals surface area (Å²) in [5, 5.41) is 0. The molecule has 0 bridgehead atoms. The van der Waals surface area contributed by atoms with E-state index in [1.54, 1.807) is 13.3 Å². The lowest BCUT2D eigenvalue weighted by Crippen LogP contribution is -1.92. The van der Waals surface area contributed by atoms with Crippen molar-refractivity contribution < 1.29 is 9.21 Å². The molecule has 5 heteroatoms. The SMILES string of the molecule is Cc1nc2ccc(-c3c(C=O)ncn3C)cc2o1. The first kappa shape index (κ1) is 10.7. The smallest absolute Gasteiger partial charge is 0.192 e. The maximum atomic E-state index is 11.0. The minimum absolute atomic E-state index is 0.424. The fourth-order valence-corrected chi connectivity index (χ4v) is 2.07. The predicted octanol–water partition coefficient (Wildman–Crippen LogP) is 2.35. The molecule has 0 spiro atoms. The van der Waals surface area contributed by atoms with Gasteiger partial charge in [0.2, 0.25) is 0 Å². The Morgan fingerprint density at radius 1 is 1.39 bits per heavy atom. The number of hydrogen-bond donors (Lipinski definition) is 0. The molecule has 2 heterocycles. The maximum absolute atomic E-state index is 11.0. The summed E-state index contributed by atoms with van der Waals surface area (Å²) in [7, 11) is 1.85. The Bertz CT molecular complexity index is 740. The molecule has 90 valence electrons. The van der Waals surface area contributed by atoms with E-state index in [2.05, 4.69) is 9.97 Å². The van der Waals surface area contributed by atoms with Crippen LogP contribution in [0.4, 0.5) is 0 Å². The Balaban J connectivity index is 2.24. The van der Waals surface area contributed by atoms with E-state index in [9.17, 15) is 4.79 Å². The van der Waals surface area contributed by atoms with Crippen molar-refractivity contribution in [3.63, 3.8) is 0 Å². The highest BCUT2D eigenvalue weighted by atomic mass is 16.3. The largest absolute Gasteiger partial charge is 0.441 e. The van der Waals surface area contributed by atoms with E-state index >= 15 is 0 Å². The number of carbonyl (C=O) groups excluding carboxylic acids is 1. The van der Waals surface area contributed by atoms with Gasteiger partial charge in [0.05, 0.1) is 12.0 Å². The third-order valence-corrected chi connectivity index (χ3v) is 2.85. The molecular weight excluding hydrogens is 230 g/mol. The van der Waals surface area contributed by atoms with Crippen LogP contribution in [0.1, 0.15) is 16.4 Å². The van der Waals surface area contributed by atoms with E-state index in [1.165, 1.54) is 0 Å². The Labute approximate surface area is 103 Å². The fourth-order valence-electron chi connectivity index (χ4n) is 2.07. The van der Waals surface area contributed by atoms with Crippen molar-refractivity contribution in [1.29, 1.82) is 0 Å². The van der Waals surface area contributed by atoms with Gasteiger partial charge in [-0.25, -0.2) is 9.97 Å². The van der Waals surface area contributed by atoms with Crippen LogP contribution in [0, 0.1) is 6.92 Å². The van der Waals surface area contributed by atoms with Crippen molar-refractivity contribution in [2.75, 3.05) is 0 Å². The van der Waals surface area contributed by atoms with Crippen LogP contribution in [0.2, 0.25) is 0 Å². The highest BCUT2D eigenvalue weighted by Gasteiger charge is 2.12. The Morgan fingerprint density at radius 2 is 2.22 bits per heavy atom. The van der Waals surface area contributed by atoms with Gasteiger partial charge in [0.15, 0.2) is 17.8 Å². The number of benzene rings is 1. The van der Waals surface area contributed by atoms with Gasteiger partial charge >= 0.3 is 0 Å². The Kier molecular flexibility index (Phi) is 2.26. The van der Waals surface area contributed by atoms with Gasteiger partial charge in [-0.05, 0) is 12.1 Å². The standard InChI is InChI=1S/C13H11N3O2/c1-8-15-10-4-3-9(5-12(10)18-8)13-11(6-17)14-7-16(13)2/h3-7H,1-2H3. The van der Waals surface area contributed by atoms with E-state index < -0.39 is 0 Å². The van der Waals surface area contributed by atoms with Crippen LogP contribution in [0.15, 0.2) is 28.9 Å². The van der Waals surface area contributed by atoms with Gasteiger partial charge in [-0.1, -0.05) is 6.07 Å². The molecule has 0 saturated heterocycles. The molecule has 0 saturated carbocycles. The molecule has 0 fully saturated rings. The normalized spacial score (nSPS) is 11.0. The lowest BCUT2D eigenvalue weighted by molar-refractivity contribution is 0.112. The highest BCUT2D eigenvalue weighted by molar-refractivity contribution is 5.87.